The summed E-state index contributed by atoms with van der Waals surface area (Å²) in [7, 11) is 0. The van der Waals surface area contributed by atoms with Gasteiger partial charge in [0.1, 0.15) is 0 Å². The summed E-state index contributed by atoms with van der Waals surface area (Å²) in [5.74, 6) is -0.486. The number of amides is 1. The van der Waals surface area contributed by atoms with Crippen LogP contribution in [0.5, 0.6) is 0 Å². The first kappa shape index (κ1) is 17.1. The molecule has 1 N–H and O–H groups in total. The van der Waals surface area contributed by atoms with Gasteiger partial charge in [-0.2, -0.15) is 0 Å². The summed E-state index contributed by atoms with van der Waals surface area (Å²) in [6, 6.07) is 4.69. The SMILES string of the molecule is C[C@H]1CCCC[C@H]1NC(=O)COC(=O)c1cc(Cl)ccc1Cl. The number of hydrogen-bond acceptors (Lipinski definition) is 3. The van der Waals surface area contributed by atoms with Crippen molar-refractivity contribution in [1.82, 2.24) is 5.32 Å². The monoisotopic (exact) mass is 343 g/mol. The number of benzene rings is 1. The van der Waals surface area contributed by atoms with Gasteiger partial charge in [0.15, 0.2) is 6.61 Å². The summed E-state index contributed by atoms with van der Waals surface area (Å²) in [6.45, 7) is 1.81. The Bertz CT molecular complexity index is 562. The van der Waals surface area contributed by atoms with Crippen molar-refractivity contribution in [2.24, 2.45) is 5.92 Å². The van der Waals surface area contributed by atoms with Crippen molar-refractivity contribution in [3.8, 4) is 0 Å². The van der Waals surface area contributed by atoms with Crippen LogP contribution < -0.4 is 5.32 Å². The maximum atomic E-state index is 11.9. The molecule has 1 saturated carbocycles. The van der Waals surface area contributed by atoms with E-state index in [1.807, 2.05) is 0 Å². The number of hydrogen-bond donors (Lipinski definition) is 1. The maximum Gasteiger partial charge on any atom is 0.340 e. The van der Waals surface area contributed by atoms with Crippen molar-refractivity contribution < 1.29 is 14.3 Å². The molecule has 0 heterocycles. The average molecular weight is 344 g/mol. The molecule has 0 aromatic heterocycles. The highest BCUT2D eigenvalue weighted by molar-refractivity contribution is 6.35. The van der Waals surface area contributed by atoms with Gasteiger partial charge < -0.3 is 10.1 Å². The summed E-state index contributed by atoms with van der Waals surface area (Å²) >= 11 is 11.7. The van der Waals surface area contributed by atoms with E-state index >= 15 is 0 Å². The molecular formula is C16H19Cl2NO3. The number of carbonyl (C=O) groups excluding carboxylic acids is 2. The molecule has 1 aromatic carbocycles. The quantitative estimate of drug-likeness (QED) is 0.845. The second-order valence-corrected chi connectivity index (χ2v) is 6.48. The topological polar surface area (TPSA) is 55.4 Å². The summed E-state index contributed by atoms with van der Waals surface area (Å²) in [6.07, 6.45) is 4.41. The number of nitrogens with one attached hydrogen (secondary N) is 1. The second kappa shape index (κ2) is 7.84. The van der Waals surface area contributed by atoms with E-state index in [0.717, 1.165) is 19.3 Å². The highest BCUT2D eigenvalue weighted by Crippen LogP contribution is 2.24. The Labute approximate surface area is 140 Å². The molecular weight excluding hydrogens is 325 g/mol. The van der Waals surface area contributed by atoms with Crippen molar-refractivity contribution in [1.29, 1.82) is 0 Å². The molecule has 0 saturated heterocycles. The van der Waals surface area contributed by atoms with Crippen LogP contribution in [0.15, 0.2) is 18.2 Å². The molecule has 0 unspecified atom stereocenters. The van der Waals surface area contributed by atoms with Gasteiger partial charge in [0, 0.05) is 11.1 Å². The van der Waals surface area contributed by atoms with Crippen LogP contribution in [-0.2, 0) is 9.53 Å². The zero-order valence-electron chi connectivity index (χ0n) is 12.4. The molecule has 120 valence electrons. The maximum absolute atomic E-state index is 11.9. The predicted molar refractivity (Wildman–Crippen MR) is 86.3 cm³/mol. The molecule has 1 aromatic rings. The van der Waals surface area contributed by atoms with E-state index in [2.05, 4.69) is 12.2 Å². The molecule has 0 bridgehead atoms. The highest BCUT2D eigenvalue weighted by atomic mass is 35.5. The summed E-state index contributed by atoms with van der Waals surface area (Å²) in [4.78, 5) is 23.8. The lowest BCUT2D eigenvalue weighted by molar-refractivity contribution is -0.125. The Morgan fingerprint density at radius 2 is 2.00 bits per heavy atom. The fourth-order valence-corrected chi connectivity index (χ4v) is 3.01. The van der Waals surface area contributed by atoms with Crippen LogP contribution >= 0.6 is 23.2 Å². The zero-order valence-corrected chi connectivity index (χ0v) is 13.9. The molecule has 2 rings (SSSR count). The summed E-state index contributed by atoms with van der Waals surface area (Å²) < 4.78 is 5.01. The van der Waals surface area contributed by atoms with Crippen LogP contribution in [0.3, 0.4) is 0 Å². The predicted octanol–water partition coefficient (Wildman–Crippen LogP) is 3.85. The van der Waals surface area contributed by atoms with Gasteiger partial charge in [-0.1, -0.05) is 43.0 Å². The largest absolute Gasteiger partial charge is 0.452 e. The van der Waals surface area contributed by atoms with Crippen LogP contribution in [0.25, 0.3) is 0 Å². The van der Waals surface area contributed by atoms with E-state index in [4.69, 9.17) is 27.9 Å². The Morgan fingerprint density at radius 1 is 1.27 bits per heavy atom. The third kappa shape index (κ3) is 4.62. The smallest absolute Gasteiger partial charge is 0.340 e. The van der Waals surface area contributed by atoms with E-state index in [1.165, 1.54) is 18.6 Å². The number of esters is 1. The van der Waals surface area contributed by atoms with Gasteiger partial charge >= 0.3 is 5.97 Å². The summed E-state index contributed by atoms with van der Waals surface area (Å²) in [5.41, 5.74) is 0.160. The molecule has 1 aliphatic rings. The van der Waals surface area contributed by atoms with Crippen LogP contribution in [0, 0.1) is 5.92 Å². The zero-order chi connectivity index (χ0) is 16.1. The third-order valence-corrected chi connectivity index (χ3v) is 4.51. The normalized spacial score (nSPS) is 21.2. The van der Waals surface area contributed by atoms with Gasteiger partial charge in [-0.15, -0.1) is 0 Å². The molecule has 0 radical (unpaired) electrons. The lowest BCUT2D eigenvalue weighted by atomic mass is 9.86. The van der Waals surface area contributed by atoms with Gasteiger partial charge in [0.2, 0.25) is 0 Å². The van der Waals surface area contributed by atoms with E-state index in [-0.39, 0.29) is 29.1 Å². The minimum Gasteiger partial charge on any atom is -0.452 e. The molecule has 0 spiro atoms. The fourth-order valence-electron chi connectivity index (χ4n) is 2.64. The van der Waals surface area contributed by atoms with E-state index in [0.29, 0.717) is 10.9 Å². The minimum atomic E-state index is -0.653. The van der Waals surface area contributed by atoms with Gasteiger partial charge in [-0.25, -0.2) is 4.79 Å². The fraction of sp³-hybridized carbons (Fsp3) is 0.500. The Balaban J connectivity index is 1.85. The summed E-state index contributed by atoms with van der Waals surface area (Å²) in [5, 5.41) is 3.56. The number of ether oxygens (including phenoxy) is 1. The van der Waals surface area contributed by atoms with E-state index in [1.54, 1.807) is 6.07 Å². The molecule has 2 atom stereocenters. The molecule has 0 aliphatic heterocycles. The van der Waals surface area contributed by atoms with Crippen molar-refractivity contribution in [2.45, 2.75) is 38.6 Å². The number of halogens is 2. The minimum absolute atomic E-state index is 0.160. The first-order valence-electron chi connectivity index (χ1n) is 7.39. The standard InChI is InChI=1S/C16H19Cl2NO3/c1-10-4-2-3-5-14(10)19-15(20)9-22-16(21)12-8-11(17)6-7-13(12)18/h6-8,10,14H,2-5,9H2,1H3,(H,19,20)/t10-,14+/m0/s1. The first-order chi connectivity index (χ1) is 10.5. The third-order valence-electron chi connectivity index (χ3n) is 3.94. The molecule has 1 fully saturated rings. The van der Waals surface area contributed by atoms with Crippen LogP contribution in [0.4, 0.5) is 0 Å². The Morgan fingerprint density at radius 3 is 2.73 bits per heavy atom. The van der Waals surface area contributed by atoms with Crippen molar-refractivity contribution in [3.05, 3.63) is 33.8 Å². The van der Waals surface area contributed by atoms with Crippen LogP contribution in [-0.4, -0.2) is 24.5 Å². The first-order valence-corrected chi connectivity index (χ1v) is 8.14. The number of carbonyl (C=O) groups is 2. The van der Waals surface area contributed by atoms with Crippen LogP contribution in [0.2, 0.25) is 10.0 Å². The van der Waals surface area contributed by atoms with Gasteiger partial charge in [0.05, 0.1) is 10.6 Å². The van der Waals surface area contributed by atoms with Crippen molar-refractivity contribution in [3.63, 3.8) is 0 Å². The van der Waals surface area contributed by atoms with Crippen LogP contribution in [0.1, 0.15) is 43.0 Å². The Kier molecular flexibility index (Phi) is 6.09. The second-order valence-electron chi connectivity index (χ2n) is 5.64. The highest BCUT2D eigenvalue weighted by Gasteiger charge is 2.23. The lowest BCUT2D eigenvalue weighted by Gasteiger charge is -2.29. The lowest BCUT2D eigenvalue weighted by Crippen LogP contribution is -2.42. The molecule has 6 heteroatoms. The van der Waals surface area contributed by atoms with Crippen molar-refractivity contribution in [2.75, 3.05) is 6.61 Å². The number of rotatable bonds is 4. The van der Waals surface area contributed by atoms with Gasteiger partial charge in [0.25, 0.3) is 5.91 Å². The van der Waals surface area contributed by atoms with Crippen molar-refractivity contribution >= 4 is 35.1 Å². The molecule has 1 aliphatic carbocycles. The van der Waals surface area contributed by atoms with E-state index in [9.17, 15) is 9.59 Å². The molecule has 4 nitrogen and oxygen atoms in total. The Hall–Kier alpha value is -1.26. The van der Waals surface area contributed by atoms with E-state index < -0.39 is 5.97 Å². The van der Waals surface area contributed by atoms with Gasteiger partial charge in [-0.05, 0) is 37.0 Å². The molecule has 1 amide bonds. The molecule has 22 heavy (non-hydrogen) atoms. The van der Waals surface area contributed by atoms with Gasteiger partial charge in [-0.3, -0.25) is 4.79 Å². The average Bonchev–Trinajstić information content (AvgIpc) is 2.49.